The average Bonchev–Trinajstić information content (AvgIpc) is 3.03. The molecular formula is C17H19N3O4S. The molecule has 2 aromatic rings. The van der Waals surface area contributed by atoms with Crippen LogP contribution in [0.25, 0.3) is 0 Å². The van der Waals surface area contributed by atoms with Crippen LogP contribution in [0.2, 0.25) is 0 Å². The van der Waals surface area contributed by atoms with E-state index in [9.17, 15) is 19.7 Å². The van der Waals surface area contributed by atoms with Gasteiger partial charge in [0, 0.05) is 36.9 Å². The van der Waals surface area contributed by atoms with Gasteiger partial charge in [-0.3, -0.25) is 19.7 Å². The Morgan fingerprint density at radius 1 is 1.12 bits per heavy atom. The van der Waals surface area contributed by atoms with Crippen molar-refractivity contribution < 1.29 is 14.5 Å². The summed E-state index contributed by atoms with van der Waals surface area (Å²) in [6, 6.07) is 9.98. The number of carbonyl (C=O) groups is 2. The van der Waals surface area contributed by atoms with Crippen molar-refractivity contribution in [2.45, 2.75) is 19.8 Å². The van der Waals surface area contributed by atoms with Gasteiger partial charge in [-0.2, -0.15) is 0 Å². The van der Waals surface area contributed by atoms with Crippen molar-refractivity contribution >= 4 is 34.4 Å². The number of para-hydroxylation sites is 2. The van der Waals surface area contributed by atoms with E-state index < -0.39 is 4.92 Å². The van der Waals surface area contributed by atoms with E-state index in [2.05, 4.69) is 10.6 Å². The number of rotatable bonds is 9. The second-order valence-corrected chi connectivity index (χ2v) is 6.67. The second kappa shape index (κ2) is 8.93. The van der Waals surface area contributed by atoms with Crippen molar-refractivity contribution in [1.82, 2.24) is 5.32 Å². The fourth-order valence-corrected chi connectivity index (χ4v) is 3.04. The molecule has 25 heavy (non-hydrogen) atoms. The highest BCUT2D eigenvalue weighted by atomic mass is 32.1. The second-order valence-electron chi connectivity index (χ2n) is 5.38. The number of hydrogen-bond donors (Lipinski definition) is 2. The van der Waals surface area contributed by atoms with Crippen molar-refractivity contribution in [2.24, 2.45) is 0 Å². The number of nitrogens with zero attached hydrogens (tertiary/aromatic N) is 1. The molecule has 2 rings (SSSR count). The third-order valence-electron chi connectivity index (χ3n) is 3.46. The van der Waals surface area contributed by atoms with Crippen LogP contribution in [0.5, 0.6) is 0 Å². The average molecular weight is 361 g/mol. The maximum absolute atomic E-state index is 11.9. The predicted octanol–water partition coefficient (Wildman–Crippen LogP) is 3.16. The SMILES string of the molecule is Cc1ccc(C(=O)CCC(=O)NCCNc2ccccc2[N+](=O)[O-])s1. The number of carbonyl (C=O) groups excluding carboxylic acids is 2. The van der Waals surface area contributed by atoms with Gasteiger partial charge in [0.25, 0.3) is 5.69 Å². The van der Waals surface area contributed by atoms with Gasteiger partial charge in [0.1, 0.15) is 5.69 Å². The van der Waals surface area contributed by atoms with Crippen molar-refractivity contribution in [3.63, 3.8) is 0 Å². The van der Waals surface area contributed by atoms with Crippen LogP contribution in [-0.4, -0.2) is 29.7 Å². The number of amides is 1. The number of hydrogen-bond acceptors (Lipinski definition) is 6. The quantitative estimate of drug-likeness (QED) is 0.309. The minimum atomic E-state index is -0.460. The first-order chi connectivity index (χ1) is 12.0. The first-order valence-corrected chi connectivity index (χ1v) is 8.62. The van der Waals surface area contributed by atoms with Gasteiger partial charge in [0.2, 0.25) is 5.91 Å². The Morgan fingerprint density at radius 2 is 1.88 bits per heavy atom. The van der Waals surface area contributed by atoms with Gasteiger partial charge in [-0.15, -0.1) is 11.3 Å². The van der Waals surface area contributed by atoms with Gasteiger partial charge in [-0.05, 0) is 25.1 Å². The zero-order chi connectivity index (χ0) is 18.2. The molecule has 0 unspecified atom stereocenters. The molecule has 1 amide bonds. The minimum absolute atomic E-state index is 0.00864. The molecule has 0 fully saturated rings. The molecule has 1 aromatic carbocycles. The van der Waals surface area contributed by atoms with E-state index in [-0.39, 0.29) is 30.2 Å². The highest BCUT2D eigenvalue weighted by Gasteiger charge is 2.12. The fourth-order valence-electron chi connectivity index (χ4n) is 2.20. The molecule has 0 aliphatic heterocycles. The Morgan fingerprint density at radius 3 is 2.56 bits per heavy atom. The fraction of sp³-hybridized carbons (Fsp3) is 0.294. The van der Waals surface area contributed by atoms with Crippen LogP contribution in [-0.2, 0) is 4.79 Å². The Balaban J connectivity index is 1.69. The summed E-state index contributed by atoms with van der Waals surface area (Å²) in [6.07, 6.45) is 0.296. The van der Waals surface area contributed by atoms with Crippen molar-refractivity contribution in [3.8, 4) is 0 Å². The van der Waals surface area contributed by atoms with Crippen LogP contribution >= 0.6 is 11.3 Å². The van der Waals surface area contributed by atoms with Crippen molar-refractivity contribution in [3.05, 3.63) is 56.3 Å². The Hall–Kier alpha value is -2.74. The van der Waals surface area contributed by atoms with Crippen LogP contribution < -0.4 is 10.6 Å². The first-order valence-electron chi connectivity index (χ1n) is 7.81. The number of aryl methyl sites for hydroxylation is 1. The Labute approximate surface area is 149 Å². The molecular weight excluding hydrogens is 342 g/mol. The molecule has 2 N–H and O–H groups in total. The van der Waals surface area contributed by atoms with Crippen molar-refractivity contribution in [1.29, 1.82) is 0 Å². The van der Waals surface area contributed by atoms with E-state index in [0.29, 0.717) is 23.7 Å². The molecule has 0 saturated carbocycles. The predicted molar refractivity (Wildman–Crippen MR) is 97.2 cm³/mol. The number of Topliss-reactive ketones (excluding diaryl/α,β-unsaturated/α-hetero) is 1. The van der Waals surface area contributed by atoms with Gasteiger partial charge in [0.05, 0.1) is 9.80 Å². The number of benzene rings is 1. The molecule has 0 bridgehead atoms. The van der Waals surface area contributed by atoms with Gasteiger partial charge < -0.3 is 10.6 Å². The number of thiophene rings is 1. The Kier molecular flexibility index (Phi) is 6.64. The molecule has 132 valence electrons. The van der Waals surface area contributed by atoms with Crippen LogP contribution in [0.3, 0.4) is 0 Å². The minimum Gasteiger partial charge on any atom is -0.378 e. The van der Waals surface area contributed by atoms with Crippen molar-refractivity contribution in [2.75, 3.05) is 18.4 Å². The van der Waals surface area contributed by atoms with Crippen LogP contribution in [0.15, 0.2) is 36.4 Å². The molecule has 0 aliphatic carbocycles. The third kappa shape index (κ3) is 5.68. The van der Waals surface area contributed by atoms with Gasteiger partial charge in [0.15, 0.2) is 5.78 Å². The molecule has 8 heteroatoms. The van der Waals surface area contributed by atoms with E-state index in [1.165, 1.54) is 17.4 Å². The summed E-state index contributed by atoms with van der Waals surface area (Å²) >= 11 is 1.42. The smallest absolute Gasteiger partial charge is 0.292 e. The summed E-state index contributed by atoms with van der Waals surface area (Å²) < 4.78 is 0. The normalized spacial score (nSPS) is 10.3. The maximum Gasteiger partial charge on any atom is 0.292 e. The number of nitro groups is 1. The Bertz CT molecular complexity index is 773. The summed E-state index contributed by atoms with van der Waals surface area (Å²) in [5, 5.41) is 16.5. The molecule has 0 radical (unpaired) electrons. The van der Waals surface area contributed by atoms with Gasteiger partial charge >= 0.3 is 0 Å². The summed E-state index contributed by atoms with van der Waals surface area (Å²) in [7, 11) is 0. The highest BCUT2D eigenvalue weighted by Crippen LogP contribution is 2.22. The largest absolute Gasteiger partial charge is 0.378 e. The van der Waals surface area contributed by atoms with E-state index >= 15 is 0 Å². The monoisotopic (exact) mass is 361 g/mol. The molecule has 0 aliphatic rings. The number of nitro benzene ring substituents is 1. The molecule has 0 spiro atoms. The summed E-state index contributed by atoms with van der Waals surface area (Å²) in [4.78, 5) is 35.9. The lowest BCUT2D eigenvalue weighted by molar-refractivity contribution is -0.384. The van der Waals surface area contributed by atoms with E-state index in [0.717, 1.165) is 4.88 Å². The highest BCUT2D eigenvalue weighted by molar-refractivity contribution is 7.14. The number of ketones is 1. The van der Waals surface area contributed by atoms with Crippen LogP contribution in [0, 0.1) is 17.0 Å². The number of anilines is 1. The standard InChI is InChI=1S/C17H19N3O4S/c1-12-6-8-16(25-12)15(21)7-9-17(22)19-11-10-18-13-4-2-3-5-14(13)20(23)24/h2-6,8,18H,7,9-11H2,1H3,(H,19,22). The molecule has 7 nitrogen and oxygen atoms in total. The van der Waals surface area contributed by atoms with E-state index in [1.54, 1.807) is 24.3 Å². The third-order valence-corrected chi connectivity index (χ3v) is 4.50. The lowest BCUT2D eigenvalue weighted by Gasteiger charge is -2.08. The lowest BCUT2D eigenvalue weighted by atomic mass is 10.2. The molecule has 0 atom stereocenters. The summed E-state index contributed by atoms with van der Waals surface area (Å²) in [6.45, 7) is 2.60. The first kappa shape index (κ1) is 18.6. The summed E-state index contributed by atoms with van der Waals surface area (Å²) in [5.74, 6) is -0.253. The topological polar surface area (TPSA) is 101 Å². The van der Waals surface area contributed by atoms with Crippen LogP contribution in [0.4, 0.5) is 11.4 Å². The van der Waals surface area contributed by atoms with E-state index in [4.69, 9.17) is 0 Å². The zero-order valence-electron chi connectivity index (χ0n) is 13.8. The maximum atomic E-state index is 11.9. The van der Waals surface area contributed by atoms with Gasteiger partial charge in [-0.1, -0.05) is 12.1 Å². The molecule has 0 saturated heterocycles. The summed E-state index contributed by atoms with van der Waals surface area (Å²) in [5.41, 5.74) is 0.399. The van der Waals surface area contributed by atoms with E-state index in [1.807, 2.05) is 13.0 Å². The zero-order valence-corrected chi connectivity index (χ0v) is 14.6. The molecule has 1 aromatic heterocycles. The molecule has 1 heterocycles. The van der Waals surface area contributed by atoms with Crippen LogP contribution in [0.1, 0.15) is 27.4 Å². The van der Waals surface area contributed by atoms with Gasteiger partial charge in [-0.25, -0.2) is 0 Å². The number of nitrogens with one attached hydrogen (secondary N) is 2. The lowest BCUT2D eigenvalue weighted by Crippen LogP contribution is -2.29.